The lowest BCUT2D eigenvalue weighted by Gasteiger charge is -2.43. The van der Waals surface area contributed by atoms with Crippen LogP contribution < -0.4 is 4.74 Å². The molecule has 3 aromatic carbocycles. The molecule has 0 aromatic heterocycles. The quantitative estimate of drug-likeness (QED) is 0.195. The van der Waals surface area contributed by atoms with E-state index >= 15 is 0 Å². The summed E-state index contributed by atoms with van der Waals surface area (Å²) in [6.45, 7) is 15.5. The lowest BCUT2D eigenvalue weighted by molar-refractivity contribution is 0.0480. The molecule has 0 radical (unpaired) electrons. The second-order valence-corrected chi connectivity index (χ2v) is 11.8. The van der Waals surface area contributed by atoms with Gasteiger partial charge in [0.1, 0.15) is 11.6 Å². The molecule has 0 amide bonds. The summed E-state index contributed by atoms with van der Waals surface area (Å²) in [5.41, 5.74) is 2.58. The van der Waals surface area contributed by atoms with Crippen LogP contribution in [-0.4, -0.2) is 98.2 Å². The zero-order valence-electron chi connectivity index (χ0n) is 26.3. The highest BCUT2D eigenvalue weighted by atomic mass is 35.5. The van der Waals surface area contributed by atoms with Crippen LogP contribution in [0.1, 0.15) is 43.9 Å². The van der Waals surface area contributed by atoms with Gasteiger partial charge in [0.2, 0.25) is 0 Å². The van der Waals surface area contributed by atoms with Crippen LogP contribution in [0.25, 0.3) is 10.8 Å². The summed E-state index contributed by atoms with van der Waals surface area (Å²) < 4.78 is 19.4. The number of nitrogens with zero attached hydrogens (tertiary/aromatic N) is 4. The van der Waals surface area contributed by atoms with Gasteiger partial charge in [-0.25, -0.2) is 4.39 Å². The fourth-order valence-corrected chi connectivity index (χ4v) is 6.52. The molecule has 248 valence electrons. The van der Waals surface area contributed by atoms with Crippen molar-refractivity contribution in [1.82, 2.24) is 19.6 Å². The minimum Gasteiger partial charge on any atom is -0.496 e. The van der Waals surface area contributed by atoms with Crippen molar-refractivity contribution in [2.75, 3.05) is 72.6 Å². The van der Waals surface area contributed by atoms with Gasteiger partial charge in [-0.2, -0.15) is 0 Å². The number of fused-ring (bicyclic) bond motifs is 1. The van der Waals surface area contributed by atoms with Crippen LogP contribution in [0.2, 0.25) is 0 Å². The summed E-state index contributed by atoms with van der Waals surface area (Å²) in [5.74, 6) is 0.855. The van der Waals surface area contributed by atoms with Crippen LogP contribution in [-0.2, 0) is 6.42 Å². The number of aryl methyl sites for hydroxylation is 1. The number of ether oxygens (including phenoxy) is 1. The molecule has 2 heterocycles. The normalized spacial score (nSPS) is 17.2. The third-order valence-electron chi connectivity index (χ3n) is 9.04. The molecule has 1 atom stereocenters. The number of rotatable bonds is 11. The summed E-state index contributed by atoms with van der Waals surface area (Å²) in [6, 6.07) is 21.0. The van der Waals surface area contributed by atoms with E-state index in [1.165, 1.54) is 34.7 Å². The Morgan fingerprint density at radius 3 is 1.95 bits per heavy atom. The highest BCUT2D eigenvalue weighted by Crippen LogP contribution is 2.30. The smallest absolute Gasteiger partial charge is 0.123 e. The van der Waals surface area contributed by atoms with Gasteiger partial charge in [0.25, 0.3) is 0 Å². The van der Waals surface area contributed by atoms with Crippen molar-refractivity contribution < 1.29 is 9.13 Å². The minimum absolute atomic E-state index is 0. The summed E-state index contributed by atoms with van der Waals surface area (Å²) in [6.07, 6.45) is 3.41. The summed E-state index contributed by atoms with van der Waals surface area (Å²) >= 11 is 0. The van der Waals surface area contributed by atoms with Crippen molar-refractivity contribution in [3.8, 4) is 5.75 Å². The van der Waals surface area contributed by atoms with E-state index in [0.29, 0.717) is 12.1 Å². The largest absolute Gasteiger partial charge is 0.496 e. The number of unbranched alkanes of at least 4 members (excludes halogenated alkanes) is 1. The molecular formula is C34H51Cl4FN4O. The van der Waals surface area contributed by atoms with E-state index in [9.17, 15) is 4.39 Å². The Morgan fingerprint density at radius 1 is 0.705 bits per heavy atom. The van der Waals surface area contributed by atoms with Crippen LogP contribution >= 0.6 is 49.6 Å². The van der Waals surface area contributed by atoms with Gasteiger partial charge in [0.15, 0.2) is 0 Å². The number of piperazine rings is 2. The Labute approximate surface area is 289 Å². The molecule has 0 saturated carbocycles. The van der Waals surface area contributed by atoms with Crippen LogP contribution in [0.4, 0.5) is 4.39 Å². The second-order valence-electron chi connectivity index (χ2n) is 11.8. The predicted molar refractivity (Wildman–Crippen MR) is 193 cm³/mol. The molecule has 2 aliphatic rings. The minimum atomic E-state index is -0.153. The highest BCUT2D eigenvalue weighted by Gasteiger charge is 2.29. The van der Waals surface area contributed by atoms with Gasteiger partial charge >= 0.3 is 0 Å². The molecular weight excluding hydrogens is 641 g/mol. The Balaban J connectivity index is 0.00000242. The number of hydrogen-bond donors (Lipinski definition) is 0. The number of benzene rings is 3. The van der Waals surface area contributed by atoms with E-state index in [2.05, 4.69) is 69.8 Å². The second kappa shape index (κ2) is 20.0. The van der Waals surface area contributed by atoms with Crippen molar-refractivity contribution in [2.24, 2.45) is 0 Å². The van der Waals surface area contributed by atoms with Crippen molar-refractivity contribution >= 4 is 60.4 Å². The average Bonchev–Trinajstić information content (AvgIpc) is 2.99. The predicted octanol–water partition coefficient (Wildman–Crippen LogP) is 7.38. The van der Waals surface area contributed by atoms with Crippen molar-refractivity contribution in [3.63, 3.8) is 0 Å². The standard InChI is InChI=1S/C34H47FN4O.4ClH/c1-27(2)38-22-24-39(25-23-38)33(29-11-14-30(35)15-12-29)26-37-20-18-36(19-21-37)17-7-6-10-32-31-9-5-4-8-28(31)13-16-34(32)40-3;;;;/h4-5,8-9,11-16,27,33H,6-7,10,17-26H2,1-3H3;4*1H/t33-;;;;/m1..../s1. The first-order valence-corrected chi connectivity index (χ1v) is 15.2. The molecule has 5 nitrogen and oxygen atoms in total. The molecule has 3 aromatic rings. The lowest BCUT2D eigenvalue weighted by atomic mass is 9.99. The van der Waals surface area contributed by atoms with Gasteiger partial charge in [-0.05, 0) is 74.2 Å². The zero-order valence-corrected chi connectivity index (χ0v) is 29.6. The van der Waals surface area contributed by atoms with E-state index in [1.807, 2.05) is 12.1 Å². The van der Waals surface area contributed by atoms with Gasteiger partial charge in [0.05, 0.1) is 7.11 Å². The maximum Gasteiger partial charge on any atom is 0.123 e. The fourth-order valence-electron chi connectivity index (χ4n) is 6.52. The van der Waals surface area contributed by atoms with Crippen LogP contribution in [0.5, 0.6) is 5.75 Å². The Kier molecular flexibility index (Phi) is 18.5. The van der Waals surface area contributed by atoms with Gasteiger partial charge < -0.3 is 9.64 Å². The molecule has 2 fully saturated rings. The first-order valence-electron chi connectivity index (χ1n) is 15.2. The average molecular weight is 693 g/mol. The Hall–Kier alpha value is -1.35. The molecule has 0 unspecified atom stereocenters. The van der Waals surface area contributed by atoms with E-state index in [4.69, 9.17) is 4.74 Å². The van der Waals surface area contributed by atoms with Crippen LogP contribution in [0, 0.1) is 5.82 Å². The van der Waals surface area contributed by atoms with E-state index in [-0.39, 0.29) is 55.4 Å². The number of halogens is 5. The number of hydrogen-bond acceptors (Lipinski definition) is 5. The van der Waals surface area contributed by atoms with Crippen molar-refractivity contribution in [1.29, 1.82) is 0 Å². The molecule has 0 aliphatic carbocycles. The first kappa shape index (κ1) is 40.7. The molecule has 0 N–H and O–H groups in total. The topological polar surface area (TPSA) is 22.2 Å². The fraction of sp³-hybridized carbons (Fsp3) is 0.529. The Morgan fingerprint density at radius 2 is 1.32 bits per heavy atom. The SMILES string of the molecule is COc1ccc2ccccc2c1CCCCN1CCN(C[C@H](c2ccc(F)cc2)N2CCN(C(C)C)CC2)CC1.Cl.Cl.Cl.Cl. The third kappa shape index (κ3) is 10.6. The molecule has 0 spiro atoms. The van der Waals surface area contributed by atoms with Crippen molar-refractivity contribution in [3.05, 3.63) is 77.6 Å². The molecule has 2 aliphatic heterocycles. The van der Waals surface area contributed by atoms with E-state index < -0.39 is 0 Å². The zero-order chi connectivity index (χ0) is 27.9. The van der Waals surface area contributed by atoms with E-state index in [1.54, 1.807) is 19.2 Å². The third-order valence-corrected chi connectivity index (χ3v) is 9.04. The summed E-state index contributed by atoms with van der Waals surface area (Å²) in [7, 11) is 1.78. The maximum absolute atomic E-state index is 13.7. The van der Waals surface area contributed by atoms with Crippen LogP contribution in [0.15, 0.2) is 60.7 Å². The summed E-state index contributed by atoms with van der Waals surface area (Å²) in [5, 5.41) is 2.60. The molecule has 0 bridgehead atoms. The molecule has 10 heteroatoms. The number of methoxy groups -OCH3 is 1. The van der Waals surface area contributed by atoms with Gasteiger partial charge in [0, 0.05) is 76.5 Å². The van der Waals surface area contributed by atoms with Crippen LogP contribution in [0.3, 0.4) is 0 Å². The molecule has 2 saturated heterocycles. The monoisotopic (exact) mass is 690 g/mol. The van der Waals surface area contributed by atoms with Crippen molar-refractivity contribution in [2.45, 2.75) is 45.2 Å². The molecule has 44 heavy (non-hydrogen) atoms. The first-order chi connectivity index (χ1) is 19.5. The maximum atomic E-state index is 13.7. The van der Waals surface area contributed by atoms with Gasteiger partial charge in [-0.1, -0.05) is 42.5 Å². The van der Waals surface area contributed by atoms with Gasteiger partial charge in [-0.3, -0.25) is 14.7 Å². The molecule has 5 rings (SSSR count). The van der Waals surface area contributed by atoms with E-state index in [0.717, 1.165) is 77.6 Å². The lowest BCUT2D eigenvalue weighted by Crippen LogP contribution is -2.53. The highest BCUT2D eigenvalue weighted by molar-refractivity contribution is 5.88. The Bertz CT molecular complexity index is 1220. The van der Waals surface area contributed by atoms with Gasteiger partial charge in [-0.15, -0.1) is 49.6 Å². The summed E-state index contributed by atoms with van der Waals surface area (Å²) in [4.78, 5) is 10.4.